The minimum atomic E-state index is -0.562. The van der Waals surface area contributed by atoms with E-state index in [1.807, 2.05) is 19.1 Å². The van der Waals surface area contributed by atoms with Crippen LogP contribution in [-0.2, 0) is 0 Å². The molecule has 0 aliphatic carbocycles. The lowest BCUT2D eigenvalue weighted by atomic mass is 10.1. The van der Waals surface area contributed by atoms with E-state index < -0.39 is 6.03 Å². The van der Waals surface area contributed by atoms with E-state index in [1.165, 1.54) is 0 Å². The standard InChI is InChI=1S/C9H13N3O/c1-6(10)7-2-4-8(5-3-7)12-9(11)13/h2-6H,10H2,1H3,(H3,11,12,13)/t6-/m0/s1. The van der Waals surface area contributed by atoms with E-state index >= 15 is 0 Å². The number of hydrogen-bond donors (Lipinski definition) is 3. The minimum absolute atomic E-state index is 0.00243. The summed E-state index contributed by atoms with van der Waals surface area (Å²) in [6.07, 6.45) is 0. The van der Waals surface area contributed by atoms with Crippen LogP contribution in [0.2, 0.25) is 0 Å². The molecule has 2 amide bonds. The predicted octanol–water partition coefficient (Wildman–Crippen LogP) is 1.20. The molecule has 4 nitrogen and oxygen atoms in total. The monoisotopic (exact) mass is 179 g/mol. The van der Waals surface area contributed by atoms with Gasteiger partial charge in [-0.3, -0.25) is 0 Å². The molecule has 1 rings (SSSR count). The number of carbonyl (C=O) groups excluding carboxylic acids is 1. The molecular weight excluding hydrogens is 166 g/mol. The van der Waals surface area contributed by atoms with Crippen molar-refractivity contribution in [3.63, 3.8) is 0 Å². The first-order chi connectivity index (χ1) is 6.09. The average molecular weight is 179 g/mol. The van der Waals surface area contributed by atoms with Crippen molar-refractivity contribution in [2.45, 2.75) is 13.0 Å². The summed E-state index contributed by atoms with van der Waals surface area (Å²) >= 11 is 0. The van der Waals surface area contributed by atoms with E-state index in [2.05, 4.69) is 5.32 Å². The number of nitrogens with one attached hydrogen (secondary N) is 1. The Balaban J connectivity index is 2.75. The lowest BCUT2D eigenvalue weighted by Gasteiger charge is -2.06. The fourth-order valence-corrected chi connectivity index (χ4v) is 1.01. The van der Waals surface area contributed by atoms with Crippen LogP contribution in [0.5, 0.6) is 0 Å². The molecule has 1 atom stereocenters. The van der Waals surface area contributed by atoms with Gasteiger partial charge in [0.05, 0.1) is 0 Å². The summed E-state index contributed by atoms with van der Waals surface area (Å²) in [5, 5.41) is 2.47. The van der Waals surface area contributed by atoms with E-state index in [9.17, 15) is 4.79 Å². The van der Waals surface area contributed by atoms with Gasteiger partial charge in [-0.2, -0.15) is 0 Å². The van der Waals surface area contributed by atoms with Crippen LogP contribution in [-0.4, -0.2) is 6.03 Å². The van der Waals surface area contributed by atoms with E-state index in [0.717, 1.165) is 5.56 Å². The summed E-state index contributed by atoms with van der Waals surface area (Å²) in [7, 11) is 0. The molecule has 1 aromatic carbocycles. The summed E-state index contributed by atoms with van der Waals surface area (Å²) in [5.41, 5.74) is 12.3. The van der Waals surface area contributed by atoms with Gasteiger partial charge >= 0.3 is 6.03 Å². The van der Waals surface area contributed by atoms with Gasteiger partial charge in [-0.25, -0.2) is 4.79 Å². The van der Waals surface area contributed by atoms with E-state index in [4.69, 9.17) is 11.5 Å². The highest BCUT2D eigenvalue weighted by Crippen LogP contribution is 2.13. The van der Waals surface area contributed by atoms with E-state index in [-0.39, 0.29) is 6.04 Å². The van der Waals surface area contributed by atoms with Gasteiger partial charge < -0.3 is 16.8 Å². The molecular formula is C9H13N3O. The number of benzene rings is 1. The maximum Gasteiger partial charge on any atom is 0.316 e. The average Bonchev–Trinajstić information content (AvgIpc) is 2.04. The number of anilines is 1. The maximum atomic E-state index is 10.5. The Morgan fingerprint density at radius 2 is 1.92 bits per heavy atom. The Hall–Kier alpha value is -1.55. The van der Waals surface area contributed by atoms with Crippen LogP contribution in [0.25, 0.3) is 0 Å². The second-order valence-corrected chi connectivity index (χ2v) is 2.90. The second-order valence-electron chi connectivity index (χ2n) is 2.90. The molecule has 70 valence electrons. The lowest BCUT2D eigenvalue weighted by Crippen LogP contribution is -2.19. The largest absolute Gasteiger partial charge is 0.351 e. The molecule has 0 saturated carbocycles. The molecule has 0 spiro atoms. The molecule has 13 heavy (non-hydrogen) atoms. The van der Waals surface area contributed by atoms with Crippen molar-refractivity contribution < 1.29 is 4.79 Å². The third-order valence-corrected chi connectivity index (χ3v) is 1.70. The van der Waals surface area contributed by atoms with Crippen molar-refractivity contribution in [2.24, 2.45) is 11.5 Å². The first-order valence-electron chi connectivity index (χ1n) is 4.01. The number of nitrogens with two attached hydrogens (primary N) is 2. The highest BCUT2D eigenvalue weighted by Gasteiger charge is 1.99. The summed E-state index contributed by atoms with van der Waals surface area (Å²) in [5.74, 6) is 0. The van der Waals surface area contributed by atoms with Crippen molar-refractivity contribution in [1.82, 2.24) is 0 Å². The quantitative estimate of drug-likeness (QED) is 0.637. The fraction of sp³-hybridized carbons (Fsp3) is 0.222. The number of hydrogen-bond acceptors (Lipinski definition) is 2. The smallest absolute Gasteiger partial charge is 0.316 e. The van der Waals surface area contributed by atoms with Gasteiger partial charge in [0.1, 0.15) is 0 Å². The third kappa shape index (κ3) is 2.76. The first-order valence-corrected chi connectivity index (χ1v) is 4.01. The third-order valence-electron chi connectivity index (χ3n) is 1.70. The maximum absolute atomic E-state index is 10.5. The van der Waals surface area contributed by atoms with Gasteiger partial charge in [0.15, 0.2) is 0 Å². The predicted molar refractivity (Wildman–Crippen MR) is 52.3 cm³/mol. The second kappa shape index (κ2) is 3.91. The van der Waals surface area contributed by atoms with Gasteiger partial charge in [-0.05, 0) is 24.6 Å². The molecule has 0 aromatic heterocycles. The van der Waals surface area contributed by atoms with Crippen molar-refractivity contribution in [1.29, 1.82) is 0 Å². The van der Waals surface area contributed by atoms with Crippen molar-refractivity contribution >= 4 is 11.7 Å². The van der Waals surface area contributed by atoms with E-state index in [1.54, 1.807) is 12.1 Å². The number of rotatable bonds is 2. The highest BCUT2D eigenvalue weighted by atomic mass is 16.2. The highest BCUT2D eigenvalue weighted by molar-refractivity contribution is 5.87. The summed E-state index contributed by atoms with van der Waals surface area (Å²) in [6.45, 7) is 1.90. The molecule has 0 bridgehead atoms. The molecule has 1 aromatic rings. The number of carbonyl (C=O) groups is 1. The lowest BCUT2D eigenvalue weighted by molar-refractivity contribution is 0.259. The Bertz CT molecular complexity index is 292. The molecule has 0 saturated heterocycles. The minimum Gasteiger partial charge on any atom is -0.351 e. The Kier molecular flexibility index (Phi) is 2.87. The number of primary amides is 1. The van der Waals surface area contributed by atoms with Crippen LogP contribution < -0.4 is 16.8 Å². The van der Waals surface area contributed by atoms with Crippen LogP contribution in [0.1, 0.15) is 18.5 Å². The molecule has 4 heteroatoms. The molecule has 0 heterocycles. The van der Waals surface area contributed by atoms with Crippen LogP contribution >= 0.6 is 0 Å². The van der Waals surface area contributed by atoms with Crippen LogP contribution in [0.4, 0.5) is 10.5 Å². The van der Waals surface area contributed by atoms with Gasteiger partial charge in [0.25, 0.3) is 0 Å². The summed E-state index contributed by atoms with van der Waals surface area (Å²) < 4.78 is 0. The zero-order chi connectivity index (χ0) is 9.84. The molecule has 0 radical (unpaired) electrons. The molecule has 0 fully saturated rings. The van der Waals surface area contributed by atoms with Gasteiger partial charge in [-0.1, -0.05) is 12.1 Å². The molecule has 0 aliphatic rings. The Morgan fingerprint density at radius 3 is 2.31 bits per heavy atom. The molecule has 5 N–H and O–H groups in total. The van der Waals surface area contributed by atoms with Crippen molar-refractivity contribution in [2.75, 3.05) is 5.32 Å². The zero-order valence-corrected chi connectivity index (χ0v) is 7.45. The van der Waals surface area contributed by atoms with Crippen molar-refractivity contribution in [3.05, 3.63) is 29.8 Å². The van der Waals surface area contributed by atoms with Gasteiger partial charge in [0.2, 0.25) is 0 Å². The molecule has 0 aliphatic heterocycles. The zero-order valence-electron chi connectivity index (χ0n) is 7.45. The van der Waals surface area contributed by atoms with Gasteiger partial charge in [0, 0.05) is 11.7 Å². The first kappa shape index (κ1) is 9.54. The topological polar surface area (TPSA) is 81.1 Å². The van der Waals surface area contributed by atoms with Crippen LogP contribution in [0.3, 0.4) is 0 Å². The van der Waals surface area contributed by atoms with Crippen molar-refractivity contribution in [3.8, 4) is 0 Å². The Morgan fingerprint density at radius 1 is 1.38 bits per heavy atom. The summed E-state index contributed by atoms with van der Waals surface area (Å²) in [6, 6.07) is 6.69. The summed E-state index contributed by atoms with van der Waals surface area (Å²) in [4.78, 5) is 10.5. The molecule has 0 unspecified atom stereocenters. The Labute approximate surface area is 76.9 Å². The van der Waals surface area contributed by atoms with Gasteiger partial charge in [-0.15, -0.1) is 0 Å². The van der Waals surface area contributed by atoms with Crippen LogP contribution in [0, 0.1) is 0 Å². The number of urea groups is 1. The number of amides is 2. The normalized spacial score (nSPS) is 12.2. The van der Waals surface area contributed by atoms with E-state index in [0.29, 0.717) is 5.69 Å². The SMILES string of the molecule is C[C@H](N)c1ccc(NC(N)=O)cc1. The van der Waals surface area contributed by atoms with Crippen LogP contribution in [0.15, 0.2) is 24.3 Å². The fourth-order valence-electron chi connectivity index (χ4n) is 1.01.